The van der Waals surface area contributed by atoms with Gasteiger partial charge in [0.05, 0.1) is 6.54 Å². The summed E-state index contributed by atoms with van der Waals surface area (Å²) in [6.45, 7) is 3.52. The van der Waals surface area contributed by atoms with Crippen molar-refractivity contribution in [2.75, 3.05) is 13.1 Å². The number of nitrogens with two attached hydrogens (primary N) is 2. The third-order valence-corrected chi connectivity index (χ3v) is 6.21. The third-order valence-electron chi connectivity index (χ3n) is 6.21. The summed E-state index contributed by atoms with van der Waals surface area (Å²) >= 11 is 0. The molecule has 0 bridgehead atoms. The van der Waals surface area contributed by atoms with Crippen LogP contribution < -0.4 is 11.5 Å². The molecule has 3 aromatic rings. The number of amides is 1. The number of carbonyl (C=O) groups excluding carboxylic acids is 1. The highest BCUT2D eigenvalue weighted by molar-refractivity contribution is 5.79. The molecule has 2 aromatic carbocycles. The van der Waals surface area contributed by atoms with Crippen molar-refractivity contribution in [3.05, 3.63) is 77.4 Å². The number of aromatic nitrogens is 1. The maximum absolute atomic E-state index is 14.8. The zero-order valence-corrected chi connectivity index (χ0v) is 18.6. The van der Waals surface area contributed by atoms with Crippen LogP contribution in [0.25, 0.3) is 11.1 Å². The molecule has 0 aliphatic carbocycles. The van der Waals surface area contributed by atoms with Crippen molar-refractivity contribution in [1.82, 2.24) is 10.1 Å². The molecule has 172 valence electrons. The van der Waals surface area contributed by atoms with Crippen molar-refractivity contribution in [3.63, 3.8) is 0 Å². The Morgan fingerprint density at radius 2 is 1.91 bits per heavy atom. The van der Waals surface area contributed by atoms with Crippen molar-refractivity contribution >= 4 is 11.9 Å². The minimum Gasteiger partial charge on any atom is -0.370 e. The van der Waals surface area contributed by atoms with E-state index in [1.807, 2.05) is 54.3 Å². The Morgan fingerprint density at radius 1 is 1.18 bits per heavy atom. The Morgan fingerprint density at radius 3 is 2.58 bits per heavy atom. The normalized spacial score (nSPS) is 16.1. The van der Waals surface area contributed by atoms with Gasteiger partial charge in [-0.2, -0.15) is 0 Å². The van der Waals surface area contributed by atoms with Crippen molar-refractivity contribution < 1.29 is 13.7 Å². The predicted molar refractivity (Wildman–Crippen MR) is 125 cm³/mol. The number of likely N-dealkylation sites (tertiary alicyclic amines) is 1. The van der Waals surface area contributed by atoms with E-state index in [0.717, 1.165) is 11.1 Å². The number of rotatable bonds is 6. The van der Waals surface area contributed by atoms with Gasteiger partial charge in [0.25, 0.3) is 0 Å². The second-order valence-corrected chi connectivity index (χ2v) is 8.39. The first kappa shape index (κ1) is 22.5. The summed E-state index contributed by atoms with van der Waals surface area (Å²) in [5.74, 6) is 0.244. The number of guanidine groups is 1. The van der Waals surface area contributed by atoms with Crippen LogP contribution >= 0.6 is 0 Å². The van der Waals surface area contributed by atoms with E-state index in [0.29, 0.717) is 48.9 Å². The maximum Gasteiger partial charge on any atom is 0.220 e. The number of aliphatic imine (C=N–C) groups is 1. The molecular weight excluding hydrogens is 421 g/mol. The summed E-state index contributed by atoms with van der Waals surface area (Å²) in [7, 11) is 0. The fourth-order valence-electron chi connectivity index (χ4n) is 4.08. The highest BCUT2D eigenvalue weighted by Crippen LogP contribution is 2.30. The second kappa shape index (κ2) is 9.85. The van der Waals surface area contributed by atoms with Gasteiger partial charge in [0.2, 0.25) is 5.91 Å². The van der Waals surface area contributed by atoms with Gasteiger partial charge in [0.15, 0.2) is 5.96 Å². The van der Waals surface area contributed by atoms with Crippen LogP contribution in [0.4, 0.5) is 4.39 Å². The topological polar surface area (TPSA) is 111 Å². The lowest BCUT2D eigenvalue weighted by molar-refractivity contribution is -0.122. The average Bonchev–Trinajstić information content (AvgIpc) is 3.31. The van der Waals surface area contributed by atoms with Crippen LogP contribution in [0.3, 0.4) is 0 Å². The Kier molecular flexibility index (Phi) is 6.72. The molecule has 1 amide bonds. The van der Waals surface area contributed by atoms with Crippen LogP contribution in [0.1, 0.15) is 42.7 Å². The monoisotopic (exact) mass is 449 g/mol. The summed E-state index contributed by atoms with van der Waals surface area (Å²) < 4.78 is 20.3. The van der Waals surface area contributed by atoms with Crippen LogP contribution in [-0.4, -0.2) is 35.0 Å². The van der Waals surface area contributed by atoms with Crippen LogP contribution in [-0.2, 0) is 11.3 Å². The lowest BCUT2D eigenvalue weighted by Crippen LogP contribution is -2.45. The van der Waals surface area contributed by atoms with E-state index in [1.165, 1.54) is 0 Å². The smallest absolute Gasteiger partial charge is 0.220 e. The fraction of sp³-hybridized carbons (Fsp3) is 0.320. The Labute approximate surface area is 192 Å². The summed E-state index contributed by atoms with van der Waals surface area (Å²) in [4.78, 5) is 17.7. The highest BCUT2D eigenvalue weighted by atomic mass is 19.1. The number of piperidine rings is 1. The molecule has 1 atom stereocenters. The highest BCUT2D eigenvalue weighted by Gasteiger charge is 2.24. The van der Waals surface area contributed by atoms with E-state index in [4.69, 9.17) is 16.0 Å². The lowest BCUT2D eigenvalue weighted by atomic mass is 9.95. The molecule has 1 aliphatic rings. The van der Waals surface area contributed by atoms with Gasteiger partial charge in [-0.05, 0) is 30.0 Å². The lowest BCUT2D eigenvalue weighted by Gasteiger charge is -2.31. The van der Waals surface area contributed by atoms with E-state index >= 15 is 0 Å². The van der Waals surface area contributed by atoms with E-state index in [-0.39, 0.29) is 30.1 Å². The molecule has 8 heteroatoms. The van der Waals surface area contributed by atoms with Gasteiger partial charge in [0.1, 0.15) is 17.3 Å². The molecule has 1 saturated heterocycles. The fourth-order valence-corrected chi connectivity index (χ4v) is 4.08. The van der Waals surface area contributed by atoms with Gasteiger partial charge in [-0.3, -0.25) is 4.79 Å². The van der Waals surface area contributed by atoms with Gasteiger partial charge in [-0.15, -0.1) is 0 Å². The number of carbonyl (C=O) groups is 1. The molecule has 1 aromatic heterocycles. The van der Waals surface area contributed by atoms with E-state index in [1.54, 1.807) is 12.1 Å². The van der Waals surface area contributed by atoms with E-state index in [9.17, 15) is 9.18 Å². The van der Waals surface area contributed by atoms with Gasteiger partial charge in [0, 0.05) is 36.6 Å². The van der Waals surface area contributed by atoms with Gasteiger partial charge in [-0.25, -0.2) is 9.38 Å². The molecule has 7 nitrogen and oxygen atoms in total. The van der Waals surface area contributed by atoms with Gasteiger partial charge < -0.3 is 20.9 Å². The molecule has 1 unspecified atom stereocenters. The number of hydrogen-bond acceptors (Lipinski definition) is 4. The summed E-state index contributed by atoms with van der Waals surface area (Å²) in [5.41, 5.74) is 14.3. The zero-order chi connectivity index (χ0) is 23.4. The van der Waals surface area contributed by atoms with E-state index in [2.05, 4.69) is 10.1 Å². The molecule has 4 N–H and O–H groups in total. The quantitative estimate of drug-likeness (QED) is 0.441. The molecule has 0 spiro atoms. The first-order chi connectivity index (χ1) is 15.9. The van der Waals surface area contributed by atoms with Crippen molar-refractivity contribution in [2.24, 2.45) is 22.4 Å². The molecule has 4 rings (SSSR count). The molecule has 33 heavy (non-hydrogen) atoms. The van der Waals surface area contributed by atoms with Crippen molar-refractivity contribution in [3.8, 4) is 11.1 Å². The van der Waals surface area contributed by atoms with Crippen molar-refractivity contribution in [2.45, 2.75) is 32.2 Å². The van der Waals surface area contributed by atoms with Gasteiger partial charge in [-0.1, -0.05) is 54.5 Å². The Balaban J connectivity index is 1.39. The number of halogens is 1. The van der Waals surface area contributed by atoms with E-state index < -0.39 is 0 Å². The largest absolute Gasteiger partial charge is 0.370 e. The van der Waals surface area contributed by atoms with Crippen LogP contribution in [0.5, 0.6) is 0 Å². The van der Waals surface area contributed by atoms with Crippen LogP contribution in [0.15, 0.2) is 64.1 Å². The summed E-state index contributed by atoms with van der Waals surface area (Å²) in [5, 5.41) is 4.09. The molecule has 0 radical (unpaired) electrons. The first-order valence-electron chi connectivity index (χ1n) is 11.1. The number of primary amides is 1. The maximum atomic E-state index is 14.8. The predicted octanol–water partition coefficient (Wildman–Crippen LogP) is 3.64. The number of hydrogen-bond donors (Lipinski definition) is 2. The molecule has 1 aliphatic heterocycles. The van der Waals surface area contributed by atoms with Gasteiger partial charge >= 0.3 is 0 Å². The Hall–Kier alpha value is -3.68. The standard InChI is InChI=1S/C25H28FN5O2/c1-16(19-7-8-21(22(26)13-19)17-5-3-2-4-6-17)23-14-20(30-33-23)15-29-25(28)31-11-9-18(10-12-31)24(27)32/h2-8,13-14,16,18H,9-12,15H2,1H3,(H2,27,32)(H2,28,29). The van der Waals surface area contributed by atoms with Crippen LogP contribution in [0.2, 0.25) is 0 Å². The second-order valence-electron chi connectivity index (χ2n) is 8.39. The summed E-state index contributed by atoms with van der Waals surface area (Å²) in [6.07, 6.45) is 1.35. The third kappa shape index (κ3) is 5.22. The minimum absolute atomic E-state index is 0.0970. The zero-order valence-electron chi connectivity index (χ0n) is 18.6. The Bertz CT molecular complexity index is 1140. The first-order valence-corrected chi connectivity index (χ1v) is 11.1. The molecule has 0 saturated carbocycles. The molecule has 2 heterocycles. The molecular formula is C25H28FN5O2. The summed E-state index contributed by atoms with van der Waals surface area (Å²) in [6, 6.07) is 16.5. The average molecular weight is 450 g/mol. The minimum atomic E-state index is -0.275. The number of nitrogens with zero attached hydrogens (tertiary/aromatic N) is 3. The van der Waals surface area contributed by atoms with Crippen LogP contribution in [0, 0.1) is 11.7 Å². The molecule has 1 fully saturated rings. The van der Waals surface area contributed by atoms with Crippen molar-refractivity contribution in [1.29, 1.82) is 0 Å². The SMILES string of the molecule is CC(c1ccc(-c2ccccc2)c(F)c1)c1cc(CN=C(N)N2CCC(C(N)=O)CC2)no1. The number of benzene rings is 2.